The molecule has 1 N–H and O–H groups in total. The molecule has 0 aromatic rings. The number of aliphatic hydroxyl groups excluding tert-OH is 1. The molecule has 1 rings (SSSR count). The summed E-state index contributed by atoms with van der Waals surface area (Å²) in [5, 5.41) is 9.97. The van der Waals surface area contributed by atoms with Crippen LogP contribution in [0.4, 0.5) is 0 Å². The van der Waals surface area contributed by atoms with Gasteiger partial charge < -0.3 is 9.84 Å². The first-order valence-corrected chi connectivity index (χ1v) is 6.72. The summed E-state index contributed by atoms with van der Waals surface area (Å²) in [6.07, 6.45) is 3.56. The summed E-state index contributed by atoms with van der Waals surface area (Å²) in [4.78, 5) is 24.2. The number of aliphatic hydroxyl groups is 1. The number of hydrogen-bond donors (Lipinski definition) is 1. The van der Waals surface area contributed by atoms with Crippen LogP contribution >= 0.6 is 0 Å². The van der Waals surface area contributed by atoms with Crippen molar-refractivity contribution in [3.05, 3.63) is 34.3 Å². The van der Waals surface area contributed by atoms with E-state index in [4.69, 9.17) is 4.74 Å². The molecule has 0 aromatic heterocycles. The molecular weight excluding hydrogens is 256 g/mol. The zero-order valence-electron chi connectivity index (χ0n) is 12.7. The molecule has 20 heavy (non-hydrogen) atoms. The minimum Gasteiger partial charge on any atom is -0.504 e. The number of ether oxygens (including phenoxy) is 1. The van der Waals surface area contributed by atoms with Crippen LogP contribution in [0, 0.1) is 5.92 Å². The van der Waals surface area contributed by atoms with Crippen LogP contribution in [0.1, 0.15) is 40.5 Å². The Morgan fingerprint density at radius 2 is 1.90 bits per heavy atom. The van der Waals surface area contributed by atoms with Crippen molar-refractivity contribution in [3.63, 3.8) is 0 Å². The average Bonchev–Trinajstić information content (AvgIpc) is 2.36. The number of rotatable bonds is 5. The fraction of sp³-hybridized carbons (Fsp3) is 0.500. The van der Waals surface area contributed by atoms with Crippen molar-refractivity contribution in [3.8, 4) is 0 Å². The number of methoxy groups -OCH3 is 1. The Morgan fingerprint density at radius 1 is 1.30 bits per heavy atom. The number of allylic oxidation sites excluding steroid dienone is 4. The van der Waals surface area contributed by atoms with Crippen molar-refractivity contribution >= 4 is 11.6 Å². The molecule has 0 amide bonds. The van der Waals surface area contributed by atoms with Crippen molar-refractivity contribution in [1.82, 2.24) is 0 Å². The summed E-state index contributed by atoms with van der Waals surface area (Å²) in [5.74, 6) is -1.49. The quantitative estimate of drug-likeness (QED) is 0.619. The molecule has 0 saturated heterocycles. The molecule has 0 radical (unpaired) electrons. The van der Waals surface area contributed by atoms with Gasteiger partial charge in [-0.05, 0) is 39.5 Å². The highest BCUT2D eigenvalue weighted by Crippen LogP contribution is 2.30. The molecule has 0 aromatic carbocycles. The zero-order chi connectivity index (χ0) is 15.4. The molecule has 1 aliphatic carbocycles. The molecule has 0 unspecified atom stereocenters. The van der Waals surface area contributed by atoms with E-state index in [1.807, 2.05) is 20.8 Å². The Bertz CT molecular complexity index is 517. The largest absolute Gasteiger partial charge is 0.504 e. The van der Waals surface area contributed by atoms with Gasteiger partial charge in [-0.3, -0.25) is 9.59 Å². The van der Waals surface area contributed by atoms with E-state index in [9.17, 15) is 14.7 Å². The predicted octanol–water partition coefficient (Wildman–Crippen LogP) is 3.25. The van der Waals surface area contributed by atoms with Gasteiger partial charge in [0.15, 0.2) is 11.5 Å². The Morgan fingerprint density at radius 3 is 2.40 bits per heavy atom. The van der Waals surface area contributed by atoms with Crippen LogP contribution in [-0.4, -0.2) is 23.8 Å². The molecule has 110 valence electrons. The number of carbonyl (C=O) groups is 2. The Hall–Kier alpha value is -1.84. The Balaban J connectivity index is 3.01. The number of Topliss-reactive ketones (excluding diaryl/α,β-unsaturated/α-hetero) is 2. The highest BCUT2D eigenvalue weighted by atomic mass is 16.5. The van der Waals surface area contributed by atoms with Crippen LogP contribution in [0.3, 0.4) is 0 Å². The first-order valence-electron chi connectivity index (χ1n) is 6.72. The van der Waals surface area contributed by atoms with Crippen molar-refractivity contribution in [2.75, 3.05) is 7.11 Å². The average molecular weight is 278 g/mol. The van der Waals surface area contributed by atoms with Crippen LogP contribution in [0.15, 0.2) is 34.3 Å². The van der Waals surface area contributed by atoms with Gasteiger partial charge in [0.2, 0.25) is 11.6 Å². The molecule has 4 nitrogen and oxygen atoms in total. The van der Waals surface area contributed by atoms with Crippen molar-refractivity contribution in [2.45, 2.75) is 40.5 Å². The van der Waals surface area contributed by atoms with E-state index in [1.165, 1.54) is 19.6 Å². The first kappa shape index (κ1) is 16.2. The maximum Gasteiger partial charge on any atom is 0.228 e. The summed E-state index contributed by atoms with van der Waals surface area (Å²) in [5.41, 5.74) is 1.53. The van der Waals surface area contributed by atoms with E-state index in [0.717, 1.165) is 6.42 Å². The van der Waals surface area contributed by atoms with E-state index >= 15 is 0 Å². The third-order valence-electron chi connectivity index (χ3n) is 3.45. The standard InChI is InChI=1S/C16H22O4/c1-9(2)7-6-8-10(3)12-14(18)13(17)11(4)16(20-5)15(12)19/h7,10,18H,6,8H2,1-5H3/t10-/m1/s1. The topological polar surface area (TPSA) is 63.6 Å². The second-order valence-electron chi connectivity index (χ2n) is 5.34. The molecule has 0 spiro atoms. The molecule has 0 bridgehead atoms. The van der Waals surface area contributed by atoms with E-state index in [1.54, 1.807) is 0 Å². The maximum absolute atomic E-state index is 12.3. The van der Waals surface area contributed by atoms with Gasteiger partial charge in [-0.25, -0.2) is 0 Å². The zero-order valence-corrected chi connectivity index (χ0v) is 12.7. The van der Waals surface area contributed by atoms with Gasteiger partial charge in [0.25, 0.3) is 0 Å². The monoisotopic (exact) mass is 278 g/mol. The van der Waals surface area contributed by atoms with Gasteiger partial charge in [-0.15, -0.1) is 0 Å². The minimum absolute atomic E-state index is 0.0388. The van der Waals surface area contributed by atoms with Crippen LogP contribution in [0.2, 0.25) is 0 Å². The van der Waals surface area contributed by atoms with Crippen LogP contribution in [0.25, 0.3) is 0 Å². The number of ketones is 2. The first-order chi connectivity index (χ1) is 9.31. The summed E-state index contributed by atoms with van der Waals surface area (Å²) in [6, 6.07) is 0. The van der Waals surface area contributed by atoms with Gasteiger partial charge in [-0.1, -0.05) is 18.6 Å². The molecule has 0 fully saturated rings. The molecule has 1 atom stereocenters. The minimum atomic E-state index is -0.523. The van der Waals surface area contributed by atoms with Gasteiger partial charge in [0.05, 0.1) is 12.7 Å². The predicted molar refractivity (Wildman–Crippen MR) is 77.2 cm³/mol. The third kappa shape index (κ3) is 3.18. The van der Waals surface area contributed by atoms with Gasteiger partial charge in [0.1, 0.15) is 0 Å². The molecule has 0 heterocycles. The summed E-state index contributed by atoms with van der Waals surface area (Å²) < 4.78 is 5.01. The number of hydrogen-bond acceptors (Lipinski definition) is 4. The van der Waals surface area contributed by atoms with Crippen LogP contribution in [-0.2, 0) is 14.3 Å². The molecule has 4 heteroatoms. The second-order valence-corrected chi connectivity index (χ2v) is 5.34. The highest BCUT2D eigenvalue weighted by molar-refractivity contribution is 6.23. The molecule has 1 aliphatic rings. The fourth-order valence-corrected chi connectivity index (χ4v) is 2.27. The maximum atomic E-state index is 12.3. The summed E-state index contributed by atoms with van der Waals surface area (Å²) in [7, 11) is 1.36. The second kappa shape index (κ2) is 6.55. The van der Waals surface area contributed by atoms with Crippen molar-refractivity contribution in [1.29, 1.82) is 0 Å². The fourth-order valence-electron chi connectivity index (χ4n) is 2.27. The lowest BCUT2D eigenvalue weighted by Crippen LogP contribution is -2.27. The van der Waals surface area contributed by atoms with E-state index in [2.05, 4.69) is 6.08 Å². The molecule has 0 aliphatic heterocycles. The van der Waals surface area contributed by atoms with Crippen LogP contribution < -0.4 is 0 Å². The molecule has 0 saturated carbocycles. The lowest BCUT2D eigenvalue weighted by atomic mass is 9.84. The Kier molecular flexibility index (Phi) is 5.31. The lowest BCUT2D eigenvalue weighted by Gasteiger charge is -2.22. The van der Waals surface area contributed by atoms with E-state index in [0.29, 0.717) is 6.42 Å². The van der Waals surface area contributed by atoms with Gasteiger partial charge >= 0.3 is 0 Å². The smallest absolute Gasteiger partial charge is 0.228 e. The molecular formula is C16H22O4. The van der Waals surface area contributed by atoms with Crippen molar-refractivity contribution < 1.29 is 19.4 Å². The summed E-state index contributed by atoms with van der Waals surface area (Å²) >= 11 is 0. The lowest BCUT2D eigenvalue weighted by molar-refractivity contribution is -0.120. The van der Waals surface area contributed by atoms with E-state index < -0.39 is 11.5 Å². The SMILES string of the molecule is COC1=C(C)C(=O)C(O)=C([C@H](C)CCC=C(C)C)C1=O. The van der Waals surface area contributed by atoms with Crippen LogP contribution in [0.5, 0.6) is 0 Å². The van der Waals surface area contributed by atoms with Gasteiger partial charge in [0, 0.05) is 5.57 Å². The summed E-state index contributed by atoms with van der Waals surface area (Å²) in [6.45, 7) is 7.33. The number of carbonyl (C=O) groups excluding carboxylic acids is 2. The highest BCUT2D eigenvalue weighted by Gasteiger charge is 2.35. The normalized spacial score (nSPS) is 17.4. The van der Waals surface area contributed by atoms with Crippen molar-refractivity contribution in [2.24, 2.45) is 5.92 Å². The Labute approximate surface area is 119 Å². The third-order valence-corrected chi connectivity index (χ3v) is 3.45. The van der Waals surface area contributed by atoms with E-state index in [-0.39, 0.29) is 28.6 Å². The van der Waals surface area contributed by atoms with Gasteiger partial charge in [-0.2, -0.15) is 0 Å².